The first kappa shape index (κ1) is 16.5. The molecule has 0 amide bonds. The maximum atomic E-state index is 12.8. The van der Waals surface area contributed by atoms with E-state index in [2.05, 4.69) is 13.0 Å². The van der Waals surface area contributed by atoms with E-state index in [9.17, 15) is 8.42 Å². The van der Waals surface area contributed by atoms with Crippen molar-refractivity contribution in [2.45, 2.75) is 51.0 Å². The van der Waals surface area contributed by atoms with Crippen LogP contribution in [0.15, 0.2) is 18.2 Å². The number of nitrogens with two attached hydrogens (primary N) is 1. The summed E-state index contributed by atoms with van der Waals surface area (Å²) in [6.45, 7) is 6.64. The predicted molar refractivity (Wildman–Crippen MR) is 87.9 cm³/mol. The van der Waals surface area contributed by atoms with Gasteiger partial charge in [0.2, 0.25) is 0 Å². The summed E-state index contributed by atoms with van der Waals surface area (Å²) >= 11 is 0. The van der Waals surface area contributed by atoms with Crippen molar-refractivity contribution in [3.05, 3.63) is 34.9 Å². The molecule has 3 nitrogen and oxygen atoms in total. The fourth-order valence-corrected chi connectivity index (χ4v) is 5.89. The normalized spacial score (nSPS) is 26.8. The van der Waals surface area contributed by atoms with Gasteiger partial charge in [0.15, 0.2) is 9.84 Å². The Morgan fingerprint density at radius 1 is 1.14 bits per heavy atom. The first-order valence-corrected chi connectivity index (χ1v) is 9.52. The molecule has 3 unspecified atom stereocenters. The molecule has 0 bridgehead atoms. The molecular weight excluding hydrogens is 282 g/mol. The van der Waals surface area contributed by atoms with Crippen LogP contribution in [-0.2, 0) is 15.6 Å². The Labute approximate surface area is 128 Å². The molecule has 4 heteroatoms. The van der Waals surface area contributed by atoms with Gasteiger partial charge in [-0.15, -0.1) is 0 Å². The summed E-state index contributed by atoms with van der Waals surface area (Å²) < 4.78 is 25.7. The van der Waals surface area contributed by atoms with Gasteiger partial charge in [-0.3, -0.25) is 0 Å². The highest BCUT2D eigenvalue weighted by atomic mass is 32.2. The third kappa shape index (κ3) is 4.07. The van der Waals surface area contributed by atoms with E-state index in [4.69, 9.17) is 5.73 Å². The van der Waals surface area contributed by atoms with Gasteiger partial charge in [0, 0.05) is 0 Å². The first-order chi connectivity index (χ1) is 9.81. The Bertz CT molecular complexity index is 575. The molecule has 2 rings (SSSR count). The molecule has 0 heterocycles. The van der Waals surface area contributed by atoms with Crippen molar-refractivity contribution in [1.82, 2.24) is 0 Å². The van der Waals surface area contributed by atoms with Gasteiger partial charge < -0.3 is 5.73 Å². The summed E-state index contributed by atoms with van der Waals surface area (Å²) in [6, 6.07) is 6.03. The van der Waals surface area contributed by atoms with Crippen molar-refractivity contribution >= 4 is 9.84 Å². The molecule has 1 saturated carbocycles. The Morgan fingerprint density at radius 3 is 2.33 bits per heavy atom. The molecule has 1 aliphatic carbocycles. The van der Waals surface area contributed by atoms with E-state index in [1.165, 1.54) is 0 Å². The smallest absolute Gasteiger partial charge is 0.157 e. The van der Waals surface area contributed by atoms with Crippen molar-refractivity contribution in [2.75, 3.05) is 6.54 Å². The van der Waals surface area contributed by atoms with Crippen LogP contribution >= 0.6 is 0 Å². The highest BCUT2D eigenvalue weighted by molar-refractivity contribution is 7.91. The fraction of sp³-hybridized carbons (Fsp3) is 0.647. The maximum absolute atomic E-state index is 12.8. The lowest BCUT2D eigenvalue weighted by molar-refractivity contribution is 0.296. The Morgan fingerprint density at radius 2 is 1.76 bits per heavy atom. The standard InChI is InChI=1S/C17H27NO2S/c1-12-4-5-16(10-18)17(9-12)21(19,20)11-15-7-13(2)6-14(3)8-15/h6-8,12,16-17H,4-5,9-11,18H2,1-3H3. The number of benzene rings is 1. The fourth-order valence-electron chi connectivity index (χ4n) is 3.59. The van der Waals surface area contributed by atoms with Gasteiger partial charge >= 0.3 is 0 Å². The first-order valence-electron chi connectivity index (χ1n) is 7.80. The number of aryl methyl sites for hydroxylation is 2. The molecule has 21 heavy (non-hydrogen) atoms. The van der Waals surface area contributed by atoms with Crippen LogP contribution in [0.2, 0.25) is 0 Å². The summed E-state index contributed by atoms with van der Waals surface area (Å²) in [5, 5.41) is -0.271. The van der Waals surface area contributed by atoms with E-state index in [1.807, 2.05) is 26.0 Å². The number of hydrogen-bond donors (Lipinski definition) is 1. The van der Waals surface area contributed by atoms with Crippen LogP contribution in [-0.4, -0.2) is 20.2 Å². The summed E-state index contributed by atoms with van der Waals surface area (Å²) in [7, 11) is -3.14. The van der Waals surface area contributed by atoms with Crippen LogP contribution in [0.3, 0.4) is 0 Å². The van der Waals surface area contributed by atoms with Crippen molar-refractivity contribution in [3.8, 4) is 0 Å². The zero-order chi connectivity index (χ0) is 15.6. The Hall–Kier alpha value is -0.870. The Balaban J connectivity index is 2.23. The van der Waals surface area contributed by atoms with Crippen LogP contribution in [0.5, 0.6) is 0 Å². The highest BCUT2D eigenvalue weighted by Crippen LogP contribution is 2.34. The van der Waals surface area contributed by atoms with E-state index < -0.39 is 9.84 Å². The molecule has 1 aromatic rings. The monoisotopic (exact) mass is 309 g/mol. The van der Waals surface area contributed by atoms with E-state index in [1.54, 1.807) is 0 Å². The van der Waals surface area contributed by atoms with E-state index in [-0.39, 0.29) is 16.9 Å². The van der Waals surface area contributed by atoms with Crippen molar-refractivity contribution in [3.63, 3.8) is 0 Å². The van der Waals surface area contributed by atoms with Crippen molar-refractivity contribution < 1.29 is 8.42 Å². The molecular formula is C17H27NO2S. The van der Waals surface area contributed by atoms with Gasteiger partial charge in [-0.2, -0.15) is 0 Å². The van der Waals surface area contributed by atoms with Gasteiger partial charge in [-0.25, -0.2) is 8.42 Å². The van der Waals surface area contributed by atoms with Gasteiger partial charge in [-0.1, -0.05) is 42.7 Å². The zero-order valence-electron chi connectivity index (χ0n) is 13.3. The van der Waals surface area contributed by atoms with Crippen LogP contribution < -0.4 is 5.73 Å². The molecule has 0 radical (unpaired) electrons. The molecule has 0 aliphatic heterocycles. The maximum Gasteiger partial charge on any atom is 0.157 e. The van der Waals surface area contributed by atoms with Crippen molar-refractivity contribution in [2.24, 2.45) is 17.6 Å². The predicted octanol–water partition coefficient (Wildman–Crippen LogP) is 2.98. The largest absolute Gasteiger partial charge is 0.330 e. The molecule has 0 saturated heterocycles. The molecule has 1 aromatic carbocycles. The summed E-state index contributed by atoms with van der Waals surface area (Å²) in [4.78, 5) is 0. The molecule has 3 atom stereocenters. The molecule has 0 spiro atoms. The van der Waals surface area contributed by atoms with E-state index in [0.717, 1.165) is 36.0 Å². The van der Waals surface area contributed by atoms with Gasteiger partial charge in [0.05, 0.1) is 11.0 Å². The lowest BCUT2D eigenvalue weighted by Gasteiger charge is -2.33. The summed E-state index contributed by atoms with van der Waals surface area (Å²) in [5.41, 5.74) is 8.95. The highest BCUT2D eigenvalue weighted by Gasteiger charge is 2.36. The average molecular weight is 309 g/mol. The SMILES string of the molecule is Cc1cc(C)cc(CS(=O)(=O)C2CC(C)CCC2CN)c1. The van der Waals surface area contributed by atoms with Crippen LogP contribution in [0.25, 0.3) is 0 Å². The van der Waals surface area contributed by atoms with Gasteiger partial charge in [-0.05, 0) is 50.6 Å². The minimum Gasteiger partial charge on any atom is -0.330 e. The van der Waals surface area contributed by atoms with E-state index in [0.29, 0.717) is 12.5 Å². The molecule has 0 aromatic heterocycles. The molecule has 118 valence electrons. The lowest BCUT2D eigenvalue weighted by Crippen LogP contribution is -2.40. The third-order valence-corrected chi connectivity index (χ3v) is 6.84. The second-order valence-electron chi connectivity index (χ2n) is 6.76. The van der Waals surface area contributed by atoms with Gasteiger partial charge in [0.1, 0.15) is 0 Å². The molecule has 1 aliphatic rings. The van der Waals surface area contributed by atoms with Crippen LogP contribution in [0.4, 0.5) is 0 Å². The van der Waals surface area contributed by atoms with Crippen molar-refractivity contribution in [1.29, 1.82) is 0 Å². The minimum atomic E-state index is -3.14. The van der Waals surface area contributed by atoms with Gasteiger partial charge in [0.25, 0.3) is 0 Å². The molecule has 2 N–H and O–H groups in total. The zero-order valence-corrected chi connectivity index (χ0v) is 14.1. The summed E-state index contributed by atoms with van der Waals surface area (Å²) in [5.74, 6) is 0.743. The third-order valence-electron chi connectivity index (χ3n) is 4.60. The Kier molecular flexibility index (Phi) is 5.10. The van der Waals surface area contributed by atoms with E-state index >= 15 is 0 Å². The second kappa shape index (κ2) is 6.49. The average Bonchev–Trinajstić information content (AvgIpc) is 2.36. The number of hydrogen-bond acceptors (Lipinski definition) is 3. The topological polar surface area (TPSA) is 60.2 Å². The lowest BCUT2D eigenvalue weighted by atomic mass is 9.82. The summed E-state index contributed by atoms with van der Waals surface area (Å²) in [6.07, 6.45) is 2.79. The minimum absolute atomic E-state index is 0.122. The number of rotatable bonds is 4. The van der Waals surface area contributed by atoms with Crippen LogP contribution in [0.1, 0.15) is 42.9 Å². The molecule has 1 fully saturated rings. The second-order valence-corrected chi connectivity index (χ2v) is 8.98. The van der Waals surface area contributed by atoms with Crippen LogP contribution in [0, 0.1) is 25.7 Å². The quantitative estimate of drug-likeness (QED) is 0.930. The number of sulfone groups is 1.